The zero-order valence-corrected chi connectivity index (χ0v) is 20.5. The van der Waals surface area contributed by atoms with Crippen LogP contribution in [-0.2, 0) is 4.79 Å². The number of rotatable bonds is 4. The van der Waals surface area contributed by atoms with Gasteiger partial charge in [0.15, 0.2) is 0 Å². The Balaban J connectivity index is 1.31. The van der Waals surface area contributed by atoms with E-state index in [2.05, 4.69) is 10.3 Å². The monoisotopic (exact) mass is 472 g/mol. The van der Waals surface area contributed by atoms with Gasteiger partial charge in [-0.25, -0.2) is 0 Å². The standard InChI is InChI=1S/C28H32N4O3/c1-28(2,3)24(30-25(33)21-16-19-12-7-8-13-20(19)29-21)27(35)32-17-23-22(32)14-9-15-31(23)26(34)18-10-5-4-6-11-18/h4-8,10-13,16,22-24,29H,9,14-15,17H2,1-3H3,(H,30,33)/t22?,23-,24-/m1/s1. The van der Waals surface area contributed by atoms with Gasteiger partial charge in [0.05, 0.1) is 12.1 Å². The first kappa shape index (κ1) is 23.1. The second-order valence-corrected chi connectivity index (χ2v) is 10.7. The molecule has 0 spiro atoms. The molecule has 2 aliphatic rings. The van der Waals surface area contributed by atoms with Crippen LogP contribution in [0.15, 0.2) is 60.7 Å². The Labute approximate surface area is 205 Å². The Morgan fingerprint density at radius 1 is 0.971 bits per heavy atom. The molecule has 0 radical (unpaired) electrons. The van der Waals surface area contributed by atoms with Crippen LogP contribution in [0.1, 0.15) is 54.5 Å². The van der Waals surface area contributed by atoms with E-state index in [-0.39, 0.29) is 29.8 Å². The first-order chi connectivity index (χ1) is 16.7. The molecule has 1 unspecified atom stereocenters. The number of carbonyl (C=O) groups excluding carboxylic acids is 3. The number of hydrogen-bond acceptors (Lipinski definition) is 3. The number of benzene rings is 2. The average molecular weight is 473 g/mol. The van der Waals surface area contributed by atoms with Crippen LogP contribution in [-0.4, -0.2) is 63.7 Å². The van der Waals surface area contributed by atoms with E-state index in [4.69, 9.17) is 0 Å². The molecule has 2 fully saturated rings. The van der Waals surface area contributed by atoms with Crippen molar-refractivity contribution in [3.05, 3.63) is 71.9 Å². The second-order valence-electron chi connectivity index (χ2n) is 10.7. The van der Waals surface area contributed by atoms with E-state index in [0.717, 1.165) is 23.7 Å². The van der Waals surface area contributed by atoms with Gasteiger partial charge in [-0.05, 0) is 42.5 Å². The fourth-order valence-electron chi connectivity index (χ4n) is 5.29. The maximum Gasteiger partial charge on any atom is 0.268 e. The first-order valence-electron chi connectivity index (χ1n) is 12.3. The first-order valence-corrected chi connectivity index (χ1v) is 12.3. The average Bonchev–Trinajstić information content (AvgIpc) is 3.27. The van der Waals surface area contributed by atoms with Crippen molar-refractivity contribution in [3.8, 4) is 0 Å². The molecule has 2 aromatic carbocycles. The van der Waals surface area contributed by atoms with Gasteiger partial charge in [-0.3, -0.25) is 14.4 Å². The number of aromatic nitrogens is 1. The number of piperidine rings is 1. The van der Waals surface area contributed by atoms with E-state index in [1.54, 1.807) is 0 Å². The van der Waals surface area contributed by atoms with Crippen molar-refractivity contribution in [1.82, 2.24) is 20.1 Å². The van der Waals surface area contributed by atoms with Crippen LogP contribution in [0.25, 0.3) is 10.9 Å². The van der Waals surface area contributed by atoms with Crippen LogP contribution in [0.3, 0.4) is 0 Å². The summed E-state index contributed by atoms with van der Waals surface area (Å²) < 4.78 is 0. The molecule has 2 N–H and O–H groups in total. The molecule has 3 amide bonds. The fraction of sp³-hybridized carbons (Fsp3) is 0.393. The van der Waals surface area contributed by atoms with Crippen LogP contribution in [0.2, 0.25) is 0 Å². The Bertz CT molecular complexity index is 1230. The zero-order valence-electron chi connectivity index (χ0n) is 20.5. The van der Waals surface area contributed by atoms with E-state index < -0.39 is 11.5 Å². The quantitative estimate of drug-likeness (QED) is 0.605. The van der Waals surface area contributed by atoms with Gasteiger partial charge < -0.3 is 20.1 Å². The van der Waals surface area contributed by atoms with E-state index in [1.165, 1.54) is 0 Å². The molecule has 35 heavy (non-hydrogen) atoms. The zero-order chi connectivity index (χ0) is 24.7. The molecule has 3 heterocycles. The van der Waals surface area contributed by atoms with Crippen LogP contribution in [0.5, 0.6) is 0 Å². The number of likely N-dealkylation sites (tertiary alicyclic amines) is 2. The summed E-state index contributed by atoms with van der Waals surface area (Å²) in [6.45, 7) is 7.09. The SMILES string of the molecule is CC(C)(C)[C@H](NC(=O)c1cc2ccccc2[nH]1)C(=O)N1C[C@@H]2C1CCCN2C(=O)c1ccccc1. The molecule has 7 heteroatoms. The number of hydrogen-bond donors (Lipinski definition) is 2. The molecule has 0 bridgehead atoms. The molecule has 1 aromatic heterocycles. The normalized spacial score (nSPS) is 20.7. The summed E-state index contributed by atoms with van der Waals surface area (Å²) in [5, 5.41) is 3.95. The summed E-state index contributed by atoms with van der Waals surface area (Å²) in [5.74, 6) is -0.361. The Morgan fingerprint density at radius 3 is 2.40 bits per heavy atom. The minimum absolute atomic E-state index is 0.0151. The number of nitrogens with zero attached hydrogens (tertiary/aromatic N) is 2. The van der Waals surface area contributed by atoms with Gasteiger partial charge in [0.1, 0.15) is 11.7 Å². The predicted molar refractivity (Wildman–Crippen MR) is 135 cm³/mol. The van der Waals surface area contributed by atoms with Gasteiger partial charge >= 0.3 is 0 Å². The van der Waals surface area contributed by atoms with Crippen molar-refractivity contribution in [2.75, 3.05) is 13.1 Å². The highest BCUT2D eigenvalue weighted by Crippen LogP contribution is 2.35. The van der Waals surface area contributed by atoms with E-state index in [9.17, 15) is 14.4 Å². The van der Waals surface area contributed by atoms with Crippen LogP contribution < -0.4 is 5.32 Å². The van der Waals surface area contributed by atoms with E-state index in [0.29, 0.717) is 24.3 Å². The summed E-state index contributed by atoms with van der Waals surface area (Å²) in [6, 6.07) is 18.2. The molecular weight excluding hydrogens is 440 g/mol. The molecule has 3 atom stereocenters. The number of H-pyrrole nitrogens is 1. The maximum atomic E-state index is 13.7. The van der Waals surface area contributed by atoms with Gasteiger partial charge in [0.25, 0.3) is 11.8 Å². The highest BCUT2D eigenvalue weighted by Gasteiger charge is 2.51. The number of aromatic amines is 1. The summed E-state index contributed by atoms with van der Waals surface area (Å²) in [7, 11) is 0. The third kappa shape index (κ3) is 4.31. The molecule has 2 saturated heterocycles. The van der Waals surface area contributed by atoms with Crippen molar-refractivity contribution in [3.63, 3.8) is 0 Å². The van der Waals surface area contributed by atoms with Crippen LogP contribution in [0, 0.1) is 5.41 Å². The van der Waals surface area contributed by atoms with Crippen LogP contribution in [0.4, 0.5) is 0 Å². The van der Waals surface area contributed by atoms with Gasteiger partial charge in [-0.2, -0.15) is 0 Å². The summed E-state index contributed by atoms with van der Waals surface area (Å²) >= 11 is 0. The fourth-order valence-corrected chi connectivity index (χ4v) is 5.29. The molecular formula is C28H32N4O3. The van der Waals surface area contributed by atoms with Gasteiger partial charge in [-0.1, -0.05) is 57.2 Å². The Hall–Kier alpha value is -3.61. The lowest BCUT2D eigenvalue weighted by molar-refractivity contribution is -0.152. The number of carbonyl (C=O) groups is 3. The maximum absolute atomic E-state index is 13.7. The van der Waals surface area contributed by atoms with E-state index in [1.807, 2.05) is 91.2 Å². The van der Waals surface area contributed by atoms with E-state index >= 15 is 0 Å². The smallest absolute Gasteiger partial charge is 0.268 e. The van der Waals surface area contributed by atoms with Gasteiger partial charge in [0, 0.05) is 29.6 Å². The Morgan fingerprint density at radius 2 is 1.69 bits per heavy atom. The molecule has 7 nitrogen and oxygen atoms in total. The summed E-state index contributed by atoms with van der Waals surface area (Å²) in [5.41, 5.74) is 1.52. The minimum atomic E-state index is -0.678. The minimum Gasteiger partial charge on any atom is -0.351 e. The van der Waals surface area contributed by atoms with Gasteiger partial charge in [-0.15, -0.1) is 0 Å². The topological polar surface area (TPSA) is 85.5 Å². The summed E-state index contributed by atoms with van der Waals surface area (Å²) in [4.78, 5) is 46.9. The molecule has 182 valence electrons. The predicted octanol–water partition coefficient (Wildman–Crippen LogP) is 3.83. The third-order valence-corrected chi connectivity index (χ3v) is 7.26. The lowest BCUT2D eigenvalue weighted by Crippen LogP contribution is -2.73. The highest BCUT2D eigenvalue weighted by molar-refractivity contribution is 6.00. The number of amides is 3. The molecule has 3 aromatic rings. The molecule has 2 aliphatic heterocycles. The van der Waals surface area contributed by atoms with Crippen LogP contribution >= 0.6 is 0 Å². The van der Waals surface area contributed by atoms with Crippen molar-refractivity contribution < 1.29 is 14.4 Å². The number of para-hydroxylation sites is 1. The third-order valence-electron chi connectivity index (χ3n) is 7.26. The van der Waals surface area contributed by atoms with Crippen molar-refractivity contribution in [1.29, 1.82) is 0 Å². The highest BCUT2D eigenvalue weighted by atomic mass is 16.2. The second kappa shape index (κ2) is 8.87. The lowest BCUT2D eigenvalue weighted by atomic mass is 9.81. The van der Waals surface area contributed by atoms with Crippen molar-refractivity contribution in [2.24, 2.45) is 5.41 Å². The number of nitrogens with one attached hydrogen (secondary N) is 2. The largest absolute Gasteiger partial charge is 0.351 e. The van der Waals surface area contributed by atoms with Crippen molar-refractivity contribution >= 4 is 28.6 Å². The number of fused-ring (bicyclic) bond motifs is 2. The molecule has 0 saturated carbocycles. The Kier molecular flexibility index (Phi) is 5.87. The lowest BCUT2D eigenvalue weighted by Gasteiger charge is -2.56. The summed E-state index contributed by atoms with van der Waals surface area (Å²) in [6.07, 6.45) is 1.72. The van der Waals surface area contributed by atoms with Crippen molar-refractivity contribution in [2.45, 2.75) is 51.7 Å². The van der Waals surface area contributed by atoms with Gasteiger partial charge in [0.2, 0.25) is 5.91 Å². The molecule has 5 rings (SSSR count). The molecule has 0 aliphatic carbocycles.